The summed E-state index contributed by atoms with van der Waals surface area (Å²) in [7, 11) is -3.53. The standard InChI is InChI=1S/C21H26N2O3S/c1-3-17-9-11-18(12-10-17)16(2)22-21(24)19-7-6-8-20(15-19)27(25,26)23-13-4-5-14-23/h6-12,15-16H,3-5,13-14H2,1-2H3,(H,22,24)/t16-/m0/s1. The lowest BCUT2D eigenvalue weighted by Crippen LogP contribution is -2.29. The van der Waals surface area contributed by atoms with Gasteiger partial charge in [-0.05, 0) is 55.5 Å². The highest BCUT2D eigenvalue weighted by molar-refractivity contribution is 7.89. The van der Waals surface area contributed by atoms with E-state index in [4.69, 9.17) is 0 Å². The minimum atomic E-state index is -3.53. The van der Waals surface area contributed by atoms with E-state index in [2.05, 4.69) is 24.4 Å². The van der Waals surface area contributed by atoms with Crippen LogP contribution < -0.4 is 5.32 Å². The van der Waals surface area contributed by atoms with Crippen LogP contribution in [0.5, 0.6) is 0 Å². The summed E-state index contributed by atoms with van der Waals surface area (Å²) in [4.78, 5) is 12.8. The molecule has 144 valence electrons. The molecule has 2 aromatic rings. The van der Waals surface area contributed by atoms with Crippen molar-refractivity contribution in [2.45, 2.75) is 44.0 Å². The molecule has 0 saturated carbocycles. The molecular weight excluding hydrogens is 360 g/mol. The number of amides is 1. The molecule has 1 aliphatic rings. The van der Waals surface area contributed by atoms with E-state index in [1.807, 2.05) is 19.1 Å². The van der Waals surface area contributed by atoms with Crippen LogP contribution in [0.25, 0.3) is 0 Å². The van der Waals surface area contributed by atoms with Crippen molar-refractivity contribution in [3.8, 4) is 0 Å². The Labute approximate surface area is 161 Å². The lowest BCUT2D eigenvalue weighted by atomic mass is 10.0. The second kappa shape index (κ2) is 8.23. The van der Waals surface area contributed by atoms with E-state index in [1.165, 1.54) is 15.9 Å². The van der Waals surface area contributed by atoms with Gasteiger partial charge in [0, 0.05) is 18.7 Å². The van der Waals surface area contributed by atoms with Gasteiger partial charge in [0.1, 0.15) is 0 Å². The second-order valence-electron chi connectivity index (χ2n) is 6.93. The zero-order valence-electron chi connectivity index (χ0n) is 15.8. The van der Waals surface area contributed by atoms with Gasteiger partial charge in [-0.3, -0.25) is 4.79 Å². The molecule has 0 aliphatic carbocycles. The van der Waals surface area contributed by atoms with Crippen LogP contribution in [0.3, 0.4) is 0 Å². The molecule has 0 aromatic heterocycles. The fourth-order valence-corrected chi connectivity index (χ4v) is 4.84. The molecule has 1 saturated heterocycles. The van der Waals surface area contributed by atoms with Gasteiger partial charge in [-0.1, -0.05) is 37.3 Å². The molecule has 27 heavy (non-hydrogen) atoms. The zero-order valence-corrected chi connectivity index (χ0v) is 16.6. The number of hydrogen-bond acceptors (Lipinski definition) is 3. The normalized spacial score (nSPS) is 16.2. The number of hydrogen-bond donors (Lipinski definition) is 1. The molecular formula is C21H26N2O3S. The molecule has 5 nitrogen and oxygen atoms in total. The minimum Gasteiger partial charge on any atom is -0.346 e. The highest BCUT2D eigenvalue weighted by Crippen LogP contribution is 2.22. The molecule has 0 radical (unpaired) electrons. The topological polar surface area (TPSA) is 66.5 Å². The van der Waals surface area contributed by atoms with Gasteiger partial charge < -0.3 is 5.32 Å². The van der Waals surface area contributed by atoms with E-state index in [0.29, 0.717) is 18.7 Å². The Morgan fingerprint density at radius 3 is 2.41 bits per heavy atom. The lowest BCUT2D eigenvalue weighted by molar-refractivity contribution is 0.0939. The first-order valence-electron chi connectivity index (χ1n) is 9.41. The van der Waals surface area contributed by atoms with Gasteiger partial charge in [0.25, 0.3) is 5.91 Å². The fourth-order valence-electron chi connectivity index (χ4n) is 3.28. The maximum absolute atomic E-state index is 12.7. The summed E-state index contributed by atoms with van der Waals surface area (Å²) in [5, 5.41) is 2.95. The Morgan fingerprint density at radius 2 is 1.78 bits per heavy atom. The van der Waals surface area contributed by atoms with E-state index in [0.717, 1.165) is 24.8 Å². The predicted molar refractivity (Wildman–Crippen MR) is 106 cm³/mol. The molecule has 1 fully saturated rings. The van der Waals surface area contributed by atoms with Gasteiger partial charge in [0.2, 0.25) is 10.0 Å². The fraction of sp³-hybridized carbons (Fsp3) is 0.381. The number of rotatable bonds is 6. The molecule has 1 amide bonds. The number of sulfonamides is 1. The van der Waals surface area contributed by atoms with Crippen LogP contribution in [-0.2, 0) is 16.4 Å². The molecule has 0 bridgehead atoms. The SMILES string of the molecule is CCc1ccc([C@H](C)NC(=O)c2cccc(S(=O)(=O)N3CCCC3)c2)cc1. The van der Waals surface area contributed by atoms with Crippen molar-refractivity contribution in [1.82, 2.24) is 9.62 Å². The van der Waals surface area contributed by atoms with Gasteiger partial charge in [-0.2, -0.15) is 4.31 Å². The third-order valence-corrected chi connectivity index (χ3v) is 6.93. The maximum atomic E-state index is 12.7. The number of benzene rings is 2. The van der Waals surface area contributed by atoms with Gasteiger partial charge in [-0.15, -0.1) is 0 Å². The Morgan fingerprint density at radius 1 is 1.11 bits per heavy atom. The first-order chi connectivity index (χ1) is 12.9. The molecule has 1 aliphatic heterocycles. The highest BCUT2D eigenvalue weighted by Gasteiger charge is 2.27. The van der Waals surface area contributed by atoms with Gasteiger partial charge in [0.15, 0.2) is 0 Å². The van der Waals surface area contributed by atoms with Crippen LogP contribution in [0.1, 0.15) is 54.2 Å². The van der Waals surface area contributed by atoms with Crippen LogP contribution in [0.4, 0.5) is 0 Å². The quantitative estimate of drug-likeness (QED) is 0.826. The summed E-state index contributed by atoms with van der Waals surface area (Å²) in [6.45, 7) is 5.11. The number of aryl methyl sites for hydroxylation is 1. The van der Waals surface area contributed by atoms with Crippen molar-refractivity contribution in [3.05, 3.63) is 65.2 Å². The number of carbonyl (C=O) groups excluding carboxylic acids is 1. The van der Waals surface area contributed by atoms with E-state index >= 15 is 0 Å². The molecule has 3 rings (SSSR count). The third-order valence-electron chi connectivity index (χ3n) is 5.03. The summed E-state index contributed by atoms with van der Waals surface area (Å²) >= 11 is 0. The molecule has 1 N–H and O–H groups in total. The van der Waals surface area contributed by atoms with Crippen LogP contribution in [-0.4, -0.2) is 31.7 Å². The monoisotopic (exact) mass is 386 g/mol. The van der Waals surface area contributed by atoms with E-state index in [9.17, 15) is 13.2 Å². The van der Waals surface area contributed by atoms with Crippen molar-refractivity contribution in [2.24, 2.45) is 0 Å². The van der Waals surface area contributed by atoms with Crippen molar-refractivity contribution < 1.29 is 13.2 Å². The van der Waals surface area contributed by atoms with Crippen molar-refractivity contribution >= 4 is 15.9 Å². The summed E-state index contributed by atoms with van der Waals surface area (Å²) in [6, 6.07) is 14.3. The summed E-state index contributed by atoms with van der Waals surface area (Å²) in [6.07, 6.45) is 2.74. The zero-order chi connectivity index (χ0) is 19.4. The smallest absolute Gasteiger partial charge is 0.251 e. The van der Waals surface area contributed by atoms with E-state index < -0.39 is 10.0 Å². The average molecular weight is 387 g/mol. The van der Waals surface area contributed by atoms with Crippen LogP contribution in [0.2, 0.25) is 0 Å². The number of carbonyl (C=O) groups is 1. The summed E-state index contributed by atoms with van der Waals surface area (Å²) in [5.41, 5.74) is 2.62. The van der Waals surface area contributed by atoms with Crippen molar-refractivity contribution in [1.29, 1.82) is 0 Å². The molecule has 0 unspecified atom stereocenters. The molecule has 2 aromatic carbocycles. The van der Waals surface area contributed by atoms with Gasteiger partial charge >= 0.3 is 0 Å². The predicted octanol–water partition coefficient (Wildman–Crippen LogP) is 3.52. The van der Waals surface area contributed by atoms with Gasteiger partial charge in [-0.25, -0.2) is 8.42 Å². The largest absolute Gasteiger partial charge is 0.346 e. The first-order valence-corrected chi connectivity index (χ1v) is 10.9. The van der Waals surface area contributed by atoms with Crippen LogP contribution >= 0.6 is 0 Å². The Kier molecular flexibility index (Phi) is 5.97. The van der Waals surface area contributed by atoms with E-state index in [-0.39, 0.29) is 16.8 Å². The molecule has 1 heterocycles. The molecule has 1 atom stereocenters. The maximum Gasteiger partial charge on any atom is 0.251 e. The van der Waals surface area contributed by atoms with Crippen LogP contribution in [0.15, 0.2) is 53.4 Å². The van der Waals surface area contributed by atoms with Crippen molar-refractivity contribution in [2.75, 3.05) is 13.1 Å². The van der Waals surface area contributed by atoms with Crippen molar-refractivity contribution in [3.63, 3.8) is 0 Å². The number of nitrogens with one attached hydrogen (secondary N) is 1. The second-order valence-corrected chi connectivity index (χ2v) is 8.87. The minimum absolute atomic E-state index is 0.165. The number of nitrogens with zero attached hydrogens (tertiary/aromatic N) is 1. The molecule has 0 spiro atoms. The Balaban J connectivity index is 1.74. The molecule has 6 heteroatoms. The average Bonchev–Trinajstić information content (AvgIpc) is 3.24. The summed E-state index contributed by atoms with van der Waals surface area (Å²) < 4.78 is 26.9. The first kappa shape index (κ1) is 19.6. The Hall–Kier alpha value is -2.18. The highest BCUT2D eigenvalue weighted by atomic mass is 32.2. The summed E-state index contributed by atoms with van der Waals surface area (Å²) in [5.74, 6) is -0.277. The van der Waals surface area contributed by atoms with E-state index in [1.54, 1.807) is 18.2 Å². The Bertz CT molecular complexity index is 901. The lowest BCUT2D eigenvalue weighted by Gasteiger charge is -2.17. The van der Waals surface area contributed by atoms with Gasteiger partial charge in [0.05, 0.1) is 10.9 Å². The van der Waals surface area contributed by atoms with Crippen LogP contribution in [0, 0.1) is 0 Å². The third kappa shape index (κ3) is 4.39.